The summed E-state index contributed by atoms with van der Waals surface area (Å²) >= 11 is 0. The standard InChI is InChI=1S/C8H4N6O4/c15-5-1-3(11-7(17)13-5)10-2-4(9-1)12-8(18)14-6(2)16/h(H2,9,12,14,16,18)(H2,10,11,13,15,17). The summed E-state index contributed by atoms with van der Waals surface area (Å²) in [7, 11) is 0. The van der Waals surface area contributed by atoms with Crippen LogP contribution in [0, 0.1) is 0 Å². The van der Waals surface area contributed by atoms with Gasteiger partial charge in [-0.3, -0.25) is 29.5 Å². The van der Waals surface area contributed by atoms with Crippen molar-refractivity contribution in [3.05, 3.63) is 41.7 Å². The Morgan fingerprint density at radius 3 is 1.39 bits per heavy atom. The lowest BCUT2D eigenvalue weighted by atomic mass is 10.4. The fourth-order valence-corrected chi connectivity index (χ4v) is 1.53. The third kappa shape index (κ3) is 1.36. The Kier molecular flexibility index (Phi) is 1.82. The molecule has 0 spiro atoms. The van der Waals surface area contributed by atoms with E-state index in [-0.39, 0.29) is 22.3 Å². The van der Waals surface area contributed by atoms with Gasteiger partial charge < -0.3 is 0 Å². The summed E-state index contributed by atoms with van der Waals surface area (Å²) < 4.78 is 0. The largest absolute Gasteiger partial charge is 0.327 e. The highest BCUT2D eigenvalue weighted by molar-refractivity contribution is 5.80. The summed E-state index contributed by atoms with van der Waals surface area (Å²) in [6, 6.07) is 0. The van der Waals surface area contributed by atoms with Crippen molar-refractivity contribution < 1.29 is 0 Å². The monoisotopic (exact) mass is 248 g/mol. The van der Waals surface area contributed by atoms with Crippen molar-refractivity contribution in [2.24, 2.45) is 0 Å². The molecule has 18 heavy (non-hydrogen) atoms. The lowest BCUT2D eigenvalue weighted by molar-refractivity contribution is 1.02. The maximum Gasteiger partial charge on any atom is 0.327 e. The molecule has 0 fully saturated rings. The molecule has 10 heteroatoms. The molecule has 0 saturated carbocycles. The van der Waals surface area contributed by atoms with Crippen LogP contribution in [0.25, 0.3) is 22.3 Å². The highest BCUT2D eigenvalue weighted by Gasteiger charge is 2.09. The number of aromatic amines is 4. The van der Waals surface area contributed by atoms with Crippen molar-refractivity contribution in [2.75, 3.05) is 0 Å². The topological polar surface area (TPSA) is 157 Å². The third-order valence-electron chi connectivity index (χ3n) is 2.24. The summed E-state index contributed by atoms with van der Waals surface area (Å²) in [6.07, 6.45) is 0. The number of hydrogen-bond donors (Lipinski definition) is 4. The van der Waals surface area contributed by atoms with Crippen LogP contribution >= 0.6 is 0 Å². The van der Waals surface area contributed by atoms with Crippen molar-refractivity contribution >= 4 is 22.3 Å². The quantitative estimate of drug-likeness (QED) is 0.323. The molecule has 0 bridgehead atoms. The Morgan fingerprint density at radius 2 is 1.00 bits per heavy atom. The van der Waals surface area contributed by atoms with E-state index in [2.05, 4.69) is 19.9 Å². The Bertz CT molecular complexity index is 923. The molecule has 0 saturated heterocycles. The molecule has 0 aliphatic carbocycles. The molecule has 3 rings (SSSR count). The van der Waals surface area contributed by atoms with Gasteiger partial charge in [0, 0.05) is 0 Å². The van der Waals surface area contributed by atoms with Crippen LogP contribution in [0.3, 0.4) is 0 Å². The predicted octanol–water partition coefficient (Wildman–Crippen LogP) is -2.46. The Hall–Kier alpha value is -3.04. The SMILES string of the molecule is O=c1[nH]c(=O)c2nc3[nH]c(=O)[nH]c(=O)c3nc2[nH]1. The second-order valence-corrected chi connectivity index (χ2v) is 3.43. The first-order valence-corrected chi connectivity index (χ1v) is 4.71. The van der Waals surface area contributed by atoms with Gasteiger partial charge in [0.2, 0.25) is 0 Å². The minimum atomic E-state index is -0.762. The second-order valence-electron chi connectivity index (χ2n) is 3.43. The summed E-state index contributed by atoms with van der Waals surface area (Å²) in [6.45, 7) is 0. The lowest BCUT2D eigenvalue weighted by Gasteiger charge is -1.97. The third-order valence-corrected chi connectivity index (χ3v) is 2.24. The normalized spacial score (nSPS) is 11.1. The Balaban J connectivity index is 2.68. The molecule has 0 aliphatic rings. The van der Waals surface area contributed by atoms with Crippen molar-refractivity contribution in [3.63, 3.8) is 0 Å². The highest BCUT2D eigenvalue weighted by Crippen LogP contribution is 2.02. The molecule has 0 radical (unpaired) electrons. The zero-order valence-corrected chi connectivity index (χ0v) is 8.53. The van der Waals surface area contributed by atoms with E-state index in [1.807, 2.05) is 9.97 Å². The van der Waals surface area contributed by atoms with Gasteiger partial charge in [0.25, 0.3) is 11.1 Å². The zero-order valence-electron chi connectivity index (χ0n) is 8.53. The van der Waals surface area contributed by atoms with Crippen LogP contribution in [-0.2, 0) is 0 Å². The van der Waals surface area contributed by atoms with Crippen LogP contribution in [0.5, 0.6) is 0 Å². The van der Waals surface area contributed by atoms with E-state index < -0.39 is 22.5 Å². The van der Waals surface area contributed by atoms with Gasteiger partial charge >= 0.3 is 11.4 Å². The number of hydrogen-bond acceptors (Lipinski definition) is 6. The van der Waals surface area contributed by atoms with Crippen LogP contribution in [0.4, 0.5) is 0 Å². The average Bonchev–Trinajstić information content (AvgIpc) is 2.27. The van der Waals surface area contributed by atoms with E-state index in [1.165, 1.54) is 0 Å². The average molecular weight is 248 g/mol. The molecular formula is C8H4N6O4. The van der Waals surface area contributed by atoms with Crippen LogP contribution < -0.4 is 22.5 Å². The molecule has 0 atom stereocenters. The van der Waals surface area contributed by atoms with Crippen molar-refractivity contribution in [3.8, 4) is 0 Å². The van der Waals surface area contributed by atoms with E-state index in [1.54, 1.807) is 0 Å². The van der Waals surface area contributed by atoms with Gasteiger partial charge in [0.05, 0.1) is 0 Å². The first kappa shape index (κ1) is 10.1. The maximum absolute atomic E-state index is 11.5. The minimum Gasteiger partial charge on any atom is -0.290 e. The second kappa shape index (κ2) is 3.23. The summed E-state index contributed by atoms with van der Waals surface area (Å²) in [5.74, 6) is 0. The van der Waals surface area contributed by atoms with Gasteiger partial charge in [-0.2, -0.15) is 0 Å². The summed E-state index contributed by atoms with van der Waals surface area (Å²) in [5, 5.41) is 0. The maximum atomic E-state index is 11.5. The van der Waals surface area contributed by atoms with E-state index in [0.717, 1.165) is 0 Å². The molecule has 4 N–H and O–H groups in total. The van der Waals surface area contributed by atoms with Gasteiger partial charge in [0.15, 0.2) is 22.3 Å². The number of rotatable bonds is 0. The van der Waals surface area contributed by atoms with Crippen LogP contribution in [0.2, 0.25) is 0 Å². The Labute approximate surface area is 94.8 Å². The number of fused-ring (bicyclic) bond motifs is 2. The van der Waals surface area contributed by atoms with Crippen LogP contribution in [0.1, 0.15) is 0 Å². The number of H-pyrrole nitrogens is 4. The predicted molar refractivity (Wildman–Crippen MR) is 59.5 cm³/mol. The molecule has 0 aromatic carbocycles. The van der Waals surface area contributed by atoms with Gasteiger partial charge in [-0.05, 0) is 0 Å². The molecule has 90 valence electrons. The molecule has 3 aromatic heterocycles. The van der Waals surface area contributed by atoms with E-state index >= 15 is 0 Å². The van der Waals surface area contributed by atoms with Crippen molar-refractivity contribution in [1.29, 1.82) is 0 Å². The molecule has 10 nitrogen and oxygen atoms in total. The lowest BCUT2D eigenvalue weighted by Crippen LogP contribution is -2.26. The van der Waals surface area contributed by atoms with E-state index in [4.69, 9.17) is 0 Å². The molecule has 0 aliphatic heterocycles. The fourth-order valence-electron chi connectivity index (χ4n) is 1.53. The van der Waals surface area contributed by atoms with Crippen molar-refractivity contribution in [2.45, 2.75) is 0 Å². The molecular weight excluding hydrogens is 244 g/mol. The zero-order chi connectivity index (χ0) is 12.9. The van der Waals surface area contributed by atoms with Gasteiger partial charge in [-0.1, -0.05) is 0 Å². The smallest absolute Gasteiger partial charge is 0.290 e. The summed E-state index contributed by atoms with van der Waals surface area (Å²) in [4.78, 5) is 61.0. The van der Waals surface area contributed by atoms with Crippen molar-refractivity contribution in [1.82, 2.24) is 29.9 Å². The Morgan fingerprint density at radius 1 is 0.611 bits per heavy atom. The van der Waals surface area contributed by atoms with E-state index in [0.29, 0.717) is 0 Å². The van der Waals surface area contributed by atoms with Gasteiger partial charge in [-0.25, -0.2) is 19.6 Å². The summed E-state index contributed by atoms with van der Waals surface area (Å²) in [5.41, 5.74) is -3.66. The first-order valence-electron chi connectivity index (χ1n) is 4.71. The molecule has 0 unspecified atom stereocenters. The number of nitrogens with zero attached hydrogens (tertiary/aromatic N) is 2. The molecule has 3 aromatic rings. The fraction of sp³-hybridized carbons (Fsp3) is 0. The van der Waals surface area contributed by atoms with Gasteiger partial charge in [0.1, 0.15) is 0 Å². The first-order chi connectivity index (χ1) is 8.54. The van der Waals surface area contributed by atoms with E-state index in [9.17, 15) is 19.2 Å². The number of aromatic nitrogens is 6. The highest BCUT2D eigenvalue weighted by atomic mass is 16.2. The molecule has 0 amide bonds. The minimum absolute atomic E-state index is 0.131. The van der Waals surface area contributed by atoms with Gasteiger partial charge in [-0.15, -0.1) is 0 Å². The number of nitrogens with one attached hydrogen (secondary N) is 4. The molecule has 3 heterocycles. The van der Waals surface area contributed by atoms with Crippen LogP contribution in [0.15, 0.2) is 19.2 Å². The van der Waals surface area contributed by atoms with Crippen LogP contribution in [-0.4, -0.2) is 29.9 Å².